The van der Waals surface area contributed by atoms with Crippen molar-refractivity contribution in [2.75, 3.05) is 42.9 Å². The van der Waals surface area contributed by atoms with Crippen molar-refractivity contribution >= 4 is 34.8 Å². The van der Waals surface area contributed by atoms with Crippen molar-refractivity contribution in [2.24, 2.45) is 0 Å². The van der Waals surface area contributed by atoms with Crippen molar-refractivity contribution in [2.45, 2.75) is 38.6 Å². The minimum atomic E-state index is -4.24. The average Bonchev–Trinajstić information content (AvgIpc) is 2.84. The van der Waals surface area contributed by atoms with Gasteiger partial charge in [0.05, 0.1) is 35.9 Å². The maximum absolute atomic E-state index is 14.8. The van der Waals surface area contributed by atoms with Crippen LogP contribution in [0.1, 0.15) is 35.7 Å². The molecule has 1 aliphatic heterocycles. The van der Waals surface area contributed by atoms with Crippen LogP contribution < -0.4 is 15.5 Å². The average molecular weight is 563 g/mol. The molecule has 0 saturated carbocycles. The van der Waals surface area contributed by atoms with Gasteiger partial charge in [0, 0.05) is 49.9 Å². The molecule has 1 fully saturated rings. The first kappa shape index (κ1) is 29.6. The third-order valence-electron chi connectivity index (χ3n) is 6.00. The molecule has 0 aliphatic carbocycles. The van der Waals surface area contributed by atoms with Crippen LogP contribution in [-0.2, 0) is 11.3 Å². The number of benzene rings is 2. The number of hydrogen-bond acceptors (Lipinski definition) is 5. The van der Waals surface area contributed by atoms with Gasteiger partial charge in [-0.15, -0.1) is 0 Å². The van der Waals surface area contributed by atoms with Crippen LogP contribution in [0.25, 0.3) is 0 Å². The van der Waals surface area contributed by atoms with Crippen molar-refractivity contribution in [1.29, 1.82) is 0 Å². The van der Waals surface area contributed by atoms with Gasteiger partial charge in [-0.1, -0.05) is 17.7 Å². The molecule has 38 heavy (non-hydrogen) atoms. The fraction of sp³-hybridized carbons (Fsp3) is 0.440. The Balaban J connectivity index is 1.69. The minimum Gasteiger partial charge on any atom is -0.393 e. The van der Waals surface area contributed by atoms with Gasteiger partial charge < -0.3 is 20.6 Å². The highest BCUT2D eigenvalue weighted by atomic mass is 35.5. The summed E-state index contributed by atoms with van der Waals surface area (Å²) in [5.41, 5.74) is 0.0463. The van der Waals surface area contributed by atoms with Gasteiger partial charge in [-0.25, -0.2) is 8.78 Å². The Kier molecular flexibility index (Phi) is 9.91. The number of carbonyl (C=O) groups excluding carboxylic acids is 2. The van der Waals surface area contributed by atoms with Crippen molar-refractivity contribution in [3.63, 3.8) is 0 Å². The van der Waals surface area contributed by atoms with Gasteiger partial charge in [0.2, 0.25) is 5.91 Å². The topological polar surface area (TPSA) is 84.9 Å². The number of carbonyl (C=O) groups is 2. The molecule has 13 heteroatoms. The van der Waals surface area contributed by atoms with E-state index >= 15 is 0 Å². The lowest BCUT2D eigenvalue weighted by molar-refractivity contribution is -0.138. The zero-order valence-electron chi connectivity index (χ0n) is 20.5. The first-order valence-electron chi connectivity index (χ1n) is 11.9. The number of amides is 2. The lowest BCUT2D eigenvalue weighted by atomic mass is 10.1. The van der Waals surface area contributed by atoms with Crippen LogP contribution in [0, 0.1) is 11.6 Å². The van der Waals surface area contributed by atoms with Gasteiger partial charge in [-0.2, -0.15) is 13.2 Å². The first-order valence-corrected chi connectivity index (χ1v) is 12.3. The van der Waals surface area contributed by atoms with Crippen LogP contribution >= 0.6 is 11.6 Å². The van der Waals surface area contributed by atoms with E-state index in [0.29, 0.717) is 36.9 Å². The van der Waals surface area contributed by atoms with Crippen molar-refractivity contribution < 1.29 is 36.6 Å². The molecule has 3 rings (SSSR count). The highest BCUT2D eigenvalue weighted by molar-refractivity contribution is 6.31. The molecule has 1 saturated heterocycles. The van der Waals surface area contributed by atoms with Crippen LogP contribution in [0.5, 0.6) is 0 Å². The largest absolute Gasteiger partial charge is 0.393 e. The Morgan fingerprint density at radius 1 is 1.08 bits per heavy atom. The SMILES string of the molecule is C[C@@H](O)CC(=O)NCc1ccc(C(=O)Nc2ccc(Cl)cc2N2CCN(CCC(F)(F)F)CC2)c(F)c1F. The number of nitrogens with one attached hydrogen (secondary N) is 2. The van der Waals surface area contributed by atoms with E-state index in [4.69, 9.17) is 11.6 Å². The lowest BCUT2D eigenvalue weighted by Gasteiger charge is -2.37. The first-order chi connectivity index (χ1) is 17.8. The molecular weight excluding hydrogens is 535 g/mol. The van der Waals surface area contributed by atoms with Crippen LogP contribution in [0.4, 0.5) is 33.3 Å². The van der Waals surface area contributed by atoms with E-state index in [1.54, 1.807) is 11.0 Å². The molecule has 0 bridgehead atoms. The molecule has 3 N–H and O–H groups in total. The molecule has 7 nitrogen and oxygen atoms in total. The molecule has 1 heterocycles. The van der Waals surface area contributed by atoms with E-state index in [9.17, 15) is 36.6 Å². The number of piperazine rings is 1. The third kappa shape index (κ3) is 8.27. The molecule has 0 radical (unpaired) electrons. The van der Waals surface area contributed by atoms with Gasteiger partial charge in [0.25, 0.3) is 5.91 Å². The van der Waals surface area contributed by atoms with Gasteiger partial charge in [-0.3, -0.25) is 14.5 Å². The summed E-state index contributed by atoms with van der Waals surface area (Å²) in [7, 11) is 0. The quantitative estimate of drug-likeness (QED) is 0.396. The van der Waals surface area contributed by atoms with Gasteiger partial charge in [0.15, 0.2) is 11.6 Å². The number of nitrogens with zero attached hydrogens (tertiary/aromatic N) is 2. The summed E-state index contributed by atoms with van der Waals surface area (Å²) in [4.78, 5) is 28.1. The summed E-state index contributed by atoms with van der Waals surface area (Å²) in [6.45, 7) is 2.46. The van der Waals surface area contributed by atoms with Gasteiger partial charge >= 0.3 is 6.18 Å². The molecule has 2 amide bonds. The van der Waals surface area contributed by atoms with Crippen molar-refractivity contribution in [3.05, 3.63) is 58.1 Å². The summed E-state index contributed by atoms with van der Waals surface area (Å²) < 4.78 is 67.0. The highest BCUT2D eigenvalue weighted by Gasteiger charge is 2.29. The molecular formula is C25H28ClF5N4O3. The fourth-order valence-corrected chi connectivity index (χ4v) is 4.16. The van der Waals surface area contributed by atoms with Gasteiger partial charge in [-0.05, 0) is 31.2 Å². The van der Waals surface area contributed by atoms with Crippen LogP contribution in [-0.4, -0.2) is 66.8 Å². The summed E-state index contributed by atoms with van der Waals surface area (Å²) in [6.07, 6.45) is -6.23. The van der Waals surface area contributed by atoms with E-state index in [1.165, 1.54) is 25.1 Å². The second kappa shape index (κ2) is 12.7. The van der Waals surface area contributed by atoms with Crippen molar-refractivity contribution in [3.8, 4) is 0 Å². The fourth-order valence-electron chi connectivity index (χ4n) is 3.99. The minimum absolute atomic E-state index is 0.110. The summed E-state index contributed by atoms with van der Waals surface area (Å²) in [5, 5.41) is 14.5. The Bertz CT molecular complexity index is 1150. The number of aliphatic hydroxyl groups excluding tert-OH is 1. The molecule has 2 aromatic carbocycles. The Morgan fingerprint density at radius 2 is 1.76 bits per heavy atom. The Hall–Kier alpha value is -2.96. The second-order valence-electron chi connectivity index (χ2n) is 9.04. The molecule has 2 aromatic rings. The number of halogens is 6. The van der Waals surface area contributed by atoms with Crippen molar-refractivity contribution in [1.82, 2.24) is 10.2 Å². The van der Waals surface area contributed by atoms with Crippen LogP contribution in [0.3, 0.4) is 0 Å². The zero-order chi connectivity index (χ0) is 28.0. The number of aliphatic hydroxyl groups is 1. The predicted octanol–water partition coefficient (Wildman–Crippen LogP) is 4.33. The molecule has 1 atom stereocenters. The van der Waals surface area contributed by atoms with E-state index in [1.807, 2.05) is 4.90 Å². The summed E-state index contributed by atoms with van der Waals surface area (Å²) in [6, 6.07) is 6.87. The maximum Gasteiger partial charge on any atom is 0.390 e. The van der Waals surface area contributed by atoms with Crippen LogP contribution in [0.2, 0.25) is 5.02 Å². The normalized spacial score (nSPS) is 15.3. The zero-order valence-corrected chi connectivity index (χ0v) is 21.3. The Morgan fingerprint density at radius 3 is 2.39 bits per heavy atom. The lowest BCUT2D eigenvalue weighted by Crippen LogP contribution is -2.47. The number of rotatable bonds is 9. The standard InChI is InChI=1S/C25H28ClF5N4O3/c1-15(36)12-21(37)32-14-16-2-4-18(23(28)22(16)27)24(38)33-19-5-3-17(26)13-20(19)35-10-8-34(9-11-35)7-6-25(29,30)31/h2-5,13,15,36H,6-12,14H2,1H3,(H,32,37)(H,33,38)/t15-/m1/s1. The maximum atomic E-state index is 14.8. The molecule has 0 spiro atoms. The highest BCUT2D eigenvalue weighted by Crippen LogP contribution is 2.31. The molecule has 208 valence electrons. The van der Waals surface area contributed by atoms with E-state index in [2.05, 4.69) is 10.6 Å². The monoisotopic (exact) mass is 562 g/mol. The van der Waals surface area contributed by atoms with E-state index in [-0.39, 0.29) is 30.8 Å². The number of alkyl halides is 3. The van der Waals surface area contributed by atoms with Gasteiger partial charge in [0.1, 0.15) is 0 Å². The third-order valence-corrected chi connectivity index (χ3v) is 6.23. The predicted molar refractivity (Wildman–Crippen MR) is 133 cm³/mol. The van der Waals surface area contributed by atoms with E-state index in [0.717, 1.165) is 6.07 Å². The summed E-state index contributed by atoms with van der Waals surface area (Å²) in [5.74, 6) is -4.14. The second-order valence-corrected chi connectivity index (χ2v) is 9.48. The Labute approximate surface area is 221 Å². The number of hydrogen-bond donors (Lipinski definition) is 3. The molecule has 0 aromatic heterocycles. The smallest absolute Gasteiger partial charge is 0.390 e. The number of anilines is 2. The summed E-state index contributed by atoms with van der Waals surface area (Å²) >= 11 is 6.13. The molecule has 0 unspecified atom stereocenters. The van der Waals surface area contributed by atoms with E-state index < -0.39 is 47.7 Å². The van der Waals surface area contributed by atoms with Crippen LogP contribution in [0.15, 0.2) is 30.3 Å². The molecule has 1 aliphatic rings.